The Morgan fingerprint density at radius 3 is 3.04 bits per heavy atom. The monoisotopic (exact) mass is 310 g/mol. The number of methoxy groups -OCH3 is 1. The van der Waals surface area contributed by atoms with Crippen molar-refractivity contribution in [3.8, 4) is 5.75 Å². The minimum absolute atomic E-state index is 0.240. The van der Waals surface area contributed by atoms with Gasteiger partial charge in [0.2, 0.25) is 0 Å². The molecule has 0 fully saturated rings. The van der Waals surface area contributed by atoms with Crippen LogP contribution in [-0.2, 0) is 6.42 Å². The summed E-state index contributed by atoms with van der Waals surface area (Å²) < 4.78 is 5.26. The zero-order valence-corrected chi connectivity index (χ0v) is 12.8. The van der Waals surface area contributed by atoms with Gasteiger partial charge in [-0.2, -0.15) is 0 Å². The molecule has 0 saturated heterocycles. The Bertz CT molecular complexity index is 799. The molecule has 118 valence electrons. The second-order valence-corrected chi connectivity index (χ2v) is 5.10. The average Bonchev–Trinajstić information content (AvgIpc) is 2.98. The van der Waals surface area contributed by atoms with Gasteiger partial charge in [-0.25, -0.2) is 4.79 Å². The number of aromatic nitrogens is 2. The van der Waals surface area contributed by atoms with Gasteiger partial charge in [0.25, 0.3) is 0 Å². The second-order valence-electron chi connectivity index (χ2n) is 5.10. The Morgan fingerprint density at radius 2 is 2.26 bits per heavy atom. The summed E-state index contributed by atoms with van der Waals surface area (Å²) in [6, 6.07) is 9.22. The van der Waals surface area contributed by atoms with E-state index in [4.69, 9.17) is 4.74 Å². The van der Waals surface area contributed by atoms with Gasteiger partial charge in [0.15, 0.2) is 0 Å². The van der Waals surface area contributed by atoms with Gasteiger partial charge in [0, 0.05) is 29.8 Å². The number of benzene rings is 1. The number of hydrogen-bond donors (Lipinski definition) is 3. The first-order chi connectivity index (χ1) is 11.3. The molecule has 2 amide bonds. The van der Waals surface area contributed by atoms with E-state index >= 15 is 0 Å². The summed E-state index contributed by atoms with van der Waals surface area (Å²) in [5.41, 5.74) is 2.86. The first-order valence-corrected chi connectivity index (χ1v) is 7.35. The first-order valence-electron chi connectivity index (χ1n) is 7.35. The van der Waals surface area contributed by atoms with E-state index in [-0.39, 0.29) is 6.03 Å². The molecule has 0 saturated carbocycles. The summed E-state index contributed by atoms with van der Waals surface area (Å²) in [5, 5.41) is 6.69. The molecule has 0 aliphatic rings. The molecule has 0 atom stereocenters. The van der Waals surface area contributed by atoms with Gasteiger partial charge < -0.3 is 20.4 Å². The van der Waals surface area contributed by atoms with Crippen LogP contribution < -0.4 is 15.4 Å². The number of fused-ring (bicyclic) bond motifs is 1. The fourth-order valence-electron chi connectivity index (χ4n) is 2.41. The third kappa shape index (κ3) is 3.60. The lowest BCUT2D eigenvalue weighted by molar-refractivity contribution is 0.252. The number of carbonyl (C=O) groups excluding carboxylic acids is 1. The third-order valence-corrected chi connectivity index (χ3v) is 3.57. The fourth-order valence-corrected chi connectivity index (χ4v) is 2.41. The van der Waals surface area contributed by atoms with Crippen LogP contribution in [-0.4, -0.2) is 29.7 Å². The largest absolute Gasteiger partial charge is 0.497 e. The van der Waals surface area contributed by atoms with Crippen molar-refractivity contribution < 1.29 is 9.53 Å². The Balaban J connectivity index is 1.57. The van der Waals surface area contributed by atoms with Gasteiger partial charge in [0.1, 0.15) is 5.75 Å². The van der Waals surface area contributed by atoms with Crippen molar-refractivity contribution in [2.45, 2.75) is 6.42 Å². The highest BCUT2D eigenvalue weighted by molar-refractivity contribution is 5.89. The molecule has 0 unspecified atom stereocenters. The summed E-state index contributed by atoms with van der Waals surface area (Å²) >= 11 is 0. The van der Waals surface area contributed by atoms with Gasteiger partial charge in [-0.1, -0.05) is 0 Å². The van der Waals surface area contributed by atoms with E-state index in [9.17, 15) is 4.79 Å². The van der Waals surface area contributed by atoms with Crippen LogP contribution in [0.25, 0.3) is 10.9 Å². The summed E-state index contributed by atoms with van der Waals surface area (Å²) in [6.45, 7) is 0.538. The van der Waals surface area contributed by atoms with Gasteiger partial charge in [-0.05, 0) is 42.3 Å². The maximum absolute atomic E-state index is 11.8. The summed E-state index contributed by atoms with van der Waals surface area (Å²) in [7, 11) is 1.65. The lowest BCUT2D eigenvalue weighted by Crippen LogP contribution is -2.30. The van der Waals surface area contributed by atoms with Crippen LogP contribution in [0.3, 0.4) is 0 Å². The van der Waals surface area contributed by atoms with Crippen LogP contribution in [0.1, 0.15) is 5.56 Å². The number of anilines is 1. The Kier molecular flexibility index (Phi) is 4.42. The molecule has 3 rings (SSSR count). The number of pyridine rings is 1. The number of rotatable bonds is 5. The van der Waals surface area contributed by atoms with Gasteiger partial charge in [0.05, 0.1) is 19.0 Å². The molecule has 2 heterocycles. The van der Waals surface area contributed by atoms with Crippen molar-refractivity contribution in [1.29, 1.82) is 0 Å². The SMILES string of the molecule is COc1ccc2[nH]cc(CCNC(=O)Nc3cccnc3)c2c1. The fraction of sp³-hybridized carbons (Fsp3) is 0.176. The molecular weight excluding hydrogens is 292 g/mol. The molecule has 23 heavy (non-hydrogen) atoms. The summed E-state index contributed by atoms with van der Waals surface area (Å²) in [4.78, 5) is 19.0. The number of carbonyl (C=O) groups is 1. The maximum atomic E-state index is 11.8. The predicted molar refractivity (Wildman–Crippen MR) is 89.8 cm³/mol. The number of urea groups is 1. The third-order valence-electron chi connectivity index (χ3n) is 3.57. The van der Waals surface area contributed by atoms with E-state index in [1.807, 2.05) is 24.4 Å². The van der Waals surface area contributed by atoms with Gasteiger partial charge in [-0.15, -0.1) is 0 Å². The molecule has 0 aliphatic carbocycles. The van der Waals surface area contributed by atoms with Crippen LogP contribution in [0.4, 0.5) is 10.5 Å². The lowest BCUT2D eigenvalue weighted by Gasteiger charge is -2.07. The zero-order chi connectivity index (χ0) is 16.1. The van der Waals surface area contributed by atoms with Crippen LogP contribution >= 0.6 is 0 Å². The molecule has 1 aromatic carbocycles. The smallest absolute Gasteiger partial charge is 0.319 e. The van der Waals surface area contributed by atoms with E-state index in [0.717, 1.165) is 28.6 Å². The Morgan fingerprint density at radius 1 is 1.35 bits per heavy atom. The van der Waals surface area contributed by atoms with Gasteiger partial charge >= 0.3 is 6.03 Å². The number of amides is 2. The Hall–Kier alpha value is -3.02. The highest BCUT2D eigenvalue weighted by atomic mass is 16.5. The number of nitrogens with one attached hydrogen (secondary N) is 3. The molecular formula is C17H18N4O2. The van der Waals surface area contributed by atoms with Crippen molar-refractivity contribution in [1.82, 2.24) is 15.3 Å². The van der Waals surface area contributed by atoms with Crippen LogP contribution in [0.2, 0.25) is 0 Å². The maximum Gasteiger partial charge on any atom is 0.319 e. The second kappa shape index (κ2) is 6.83. The summed E-state index contributed by atoms with van der Waals surface area (Å²) in [6.07, 6.45) is 5.96. The standard InChI is InChI=1S/C17H18N4O2/c1-23-14-4-5-16-15(9-14)12(10-20-16)6-8-19-17(22)21-13-3-2-7-18-11-13/h2-5,7,9-11,20H,6,8H2,1H3,(H2,19,21,22). The number of aromatic amines is 1. The lowest BCUT2D eigenvalue weighted by atomic mass is 10.1. The van der Waals surface area contributed by atoms with E-state index in [1.54, 1.807) is 31.6 Å². The number of ether oxygens (including phenoxy) is 1. The number of nitrogens with zero attached hydrogens (tertiary/aromatic N) is 1. The Labute approximate surface area is 133 Å². The minimum Gasteiger partial charge on any atom is -0.497 e. The molecule has 6 heteroatoms. The highest BCUT2D eigenvalue weighted by Crippen LogP contribution is 2.23. The first kappa shape index (κ1) is 14.9. The number of H-pyrrole nitrogens is 1. The van der Waals surface area contributed by atoms with Crippen LogP contribution in [0.15, 0.2) is 48.9 Å². The average molecular weight is 310 g/mol. The highest BCUT2D eigenvalue weighted by Gasteiger charge is 2.06. The molecule has 0 aliphatic heterocycles. The van der Waals surface area contributed by atoms with Crippen LogP contribution in [0.5, 0.6) is 5.75 Å². The quantitative estimate of drug-likeness (QED) is 0.678. The minimum atomic E-state index is -0.240. The zero-order valence-electron chi connectivity index (χ0n) is 12.8. The molecule has 2 aromatic heterocycles. The van der Waals surface area contributed by atoms with E-state index in [1.165, 1.54) is 0 Å². The molecule has 0 bridgehead atoms. The molecule has 3 N–H and O–H groups in total. The van der Waals surface area contributed by atoms with E-state index < -0.39 is 0 Å². The van der Waals surface area contributed by atoms with Crippen molar-refractivity contribution in [2.75, 3.05) is 19.0 Å². The normalized spacial score (nSPS) is 10.5. The van der Waals surface area contributed by atoms with Crippen molar-refractivity contribution in [3.63, 3.8) is 0 Å². The molecule has 6 nitrogen and oxygen atoms in total. The van der Waals surface area contributed by atoms with Crippen molar-refractivity contribution >= 4 is 22.6 Å². The van der Waals surface area contributed by atoms with Gasteiger partial charge in [-0.3, -0.25) is 4.98 Å². The molecule has 3 aromatic rings. The summed E-state index contributed by atoms with van der Waals surface area (Å²) in [5.74, 6) is 0.820. The number of hydrogen-bond acceptors (Lipinski definition) is 3. The molecule has 0 radical (unpaired) electrons. The topological polar surface area (TPSA) is 79.0 Å². The molecule has 0 spiro atoms. The predicted octanol–water partition coefficient (Wildman–Crippen LogP) is 2.94. The van der Waals surface area contributed by atoms with Crippen molar-refractivity contribution in [3.05, 3.63) is 54.5 Å². The van der Waals surface area contributed by atoms with Crippen LogP contribution in [0, 0.1) is 0 Å². The van der Waals surface area contributed by atoms with Crippen molar-refractivity contribution in [2.24, 2.45) is 0 Å². The van der Waals surface area contributed by atoms with E-state index in [2.05, 4.69) is 20.6 Å². The van der Waals surface area contributed by atoms with E-state index in [0.29, 0.717) is 12.2 Å².